The zero-order valence-corrected chi connectivity index (χ0v) is 22.1. The van der Waals surface area contributed by atoms with Crippen molar-refractivity contribution in [2.75, 3.05) is 18.1 Å². The van der Waals surface area contributed by atoms with E-state index in [1.165, 1.54) is 37.7 Å². The fourth-order valence-corrected chi connectivity index (χ4v) is 9.22. The van der Waals surface area contributed by atoms with Gasteiger partial charge in [-0.2, -0.15) is 0 Å². The highest BCUT2D eigenvalue weighted by Gasteiger charge is 2.60. The number of allylic oxidation sites excluding steroid dienone is 1. The minimum absolute atomic E-state index is 0.0185. The molecule has 6 rings (SSSR count). The van der Waals surface area contributed by atoms with Crippen molar-refractivity contribution in [2.45, 2.75) is 84.7 Å². The molecule has 7 atom stereocenters. The average molecular weight is 492 g/mol. The predicted molar refractivity (Wildman–Crippen MR) is 140 cm³/mol. The highest BCUT2D eigenvalue weighted by atomic mass is 16.6. The Morgan fingerprint density at radius 3 is 2.47 bits per heavy atom. The number of nitrogens with zero attached hydrogens (tertiary/aromatic N) is 1. The maximum absolute atomic E-state index is 13.1. The standard InChI is InChI=1S/C31H41NO4/c1-4-35-23-8-6-21(7-9-23)32-18-15-28(36-29(32)34)27-12-11-25-24-10-5-20-19-22(33)13-16-30(20,2)26(24)14-17-31(25,27)3/h6-9,19,24-28H,4-5,10-18H2,1-3H3/t24?,25?,26?,27-,28?,30+,31+/m1/s1. The van der Waals surface area contributed by atoms with Crippen LogP contribution in [-0.2, 0) is 9.53 Å². The summed E-state index contributed by atoms with van der Waals surface area (Å²) in [5, 5.41) is 0. The zero-order chi connectivity index (χ0) is 25.1. The van der Waals surface area contributed by atoms with E-state index >= 15 is 0 Å². The van der Waals surface area contributed by atoms with Crippen LogP contribution in [0, 0.1) is 34.5 Å². The van der Waals surface area contributed by atoms with Gasteiger partial charge in [0.25, 0.3) is 0 Å². The van der Waals surface area contributed by atoms with Gasteiger partial charge in [-0.3, -0.25) is 9.69 Å². The summed E-state index contributed by atoms with van der Waals surface area (Å²) in [4.78, 5) is 27.0. The van der Waals surface area contributed by atoms with Gasteiger partial charge in [0, 0.05) is 31.0 Å². The number of hydrogen-bond acceptors (Lipinski definition) is 4. The van der Waals surface area contributed by atoms with Crippen LogP contribution in [0.25, 0.3) is 0 Å². The van der Waals surface area contributed by atoms with Gasteiger partial charge in [-0.25, -0.2) is 4.79 Å². The first-order valence-electron chi connectivity index (χ1n) is 14.3. The van der Waals surface area contributed by atoms with Gasteiger partial charge in [-0.1, -0.05) is 19.4 Å². The van der Waals surface area contributed by atoms with E-state index < -0.39 is 0 Å². The zero-order valence-electron chi connectivity index (χ0n) is 22.1. The largest absolute Gasteiger partial charge is 0.494 e. The number of ether oxygens (including phenoxy) is 2. The molecule has 0 bridgehead atoms. The summed E-state index contributed by atoms with van der Waals surface area (Å²) in [6.45, 7) is 8.27. The third-order valence-electron chi connectivity index (χ3n) is 11.1. The van der Waals surface area contributed by atoms with Crippen LogP contribution in [0.4, 0.5) is 10.5 Å². The molecule has 0 N–H and O–H groups in total. The van der Waals surface area contributed by atoms with Gasteiger partial charge in [0.1, 0.15) is 11.9 Å². The van der Waals surface area contributed by atoms with Gasteiger partial charge in [0.15, 0.2) is 5.78 Å². The maximum atomic E-state index is 13.1. The van der Waals surface area contributed by atoms with Crippen LogP contribution >= 0.6 is 0 Å². The van der Waals surface area contributed by atoms with E-state index in [4.69, 9.17) is 9.47 Å². The fraction of sp³-hybridized carbons (Fsp3) is 0.677. The Morgan fingerprint density at radius 1 is 0.944 bits per heavy atom. The van der Waals surface area contributed by atoms with Crippen molar-refractivity contribution in [3.05, 3.63) is 35.9 Å². The number of carbonyl (C=O) groups is 2. The third kappa shape index (κ3) is 3.71. The second-order valence-corrected chi connectivity index (χ2v) is 12.5. The molecular formula is C31H41NO4. The molecule has 1 heterocycles. The Morgan fingerprint density at radius 2 is 1.72 bits per heavy atom. The van der Waals surface area contributed by atoms with Crippen LogP contribution in [0.3, 0.4) is 0 Å². The maximum Gasteiger partial charge on any atom is 0.414 e. The quantitative estimate of drug-likeness (QED) is 0.457. The highest BCUT2D eigenvalue weighted by molar-refractivity contribution is 5.91. The molecule has 1 aliphatic heterocycles. The van der Waals surface area contributed by atoms with Crippen LogP contribution in [0.15, 0.2) is 35.9 Å². The SMILES string of the molecule is CCOc1ccc(N2CCC([C@H]3CCC4C5CCC6=CC(=O)CC[C@]6(C)C5CC[C@@]43C)OC2=O)cc1. The number of rotatable bonds is 4. The molecule has 1 saturated heterocycles. The number of amides is 1. The van der Waals surface area contributed by atoms with Gasteiger partial charge < -0.3 is 9.47 Å². The number of anilines is 1. The number of cyclic esters (lactones) is 1. The topological polar surface area (TPSA) is 55.8 Å². The second kappa shape index (κ2) is 8.92. The van der Waals surface area contributed by atoms with E-state index in [-0.39, 0.29) is 23.0 Å². The summed E-state index contributed by atoms with van der Waals surface area (Å²) in [5.74, 6) is 3.76. The first-order valence-corrected chi connectivity index (χ1v) is 14.3. The van der Waals surface area contributed by atoms with Crippen molar-refractivity contribution in [1.29, 1.82) is 0 Å². The van der Waals surface area contributed by atoms with Gasteiger partial charge in [0.05, 0.1) is 6.61 Å². The molecule has 1 amide bonds. The predicted octanol–water partition coefficient (Wildman–Crippen LogP) is 6.95. The van der Waals surface area contributed by atoms with Crippen molar-refractivity contribution in [3.63, 3.8) is 0 Å². The van der Waals surface area contributed by atoms with Crippen LogP contribution < -0.4 is 9.64 Å². The molecule has 5 aliphatic rings. The molecule has 194 valence electrons. The molecule has 0 radical (unpaired) electrons. The number of fused-ring (bicyclic) bond motifs is 5. The minimum Gasteiger partial charge on any atom is -0.494 e. The number of hydrogen-bond donors (Lipinski definition) is 0. The van der Waals surface area contributed by atoms with E-state index in [0.29, 0.717) is 36.7 Å². The molecule has 1 aromatic rings. The summed E-state index contributed by atoms with van der Waals surface area (Å²) in [6.07, 6.45) is 11.7. The lowest BCUT2D eigenvalue weighted by atomic mass is 9.46. The molecule has 4 aliphatic carbocycles. The minimum atomic E-state index is -0.206. The first kappa shape index (κ1) is 24.1. The van der Waals surface area contributed by atoms with Crippen LogP contribution in [-0.4, -0.2) is 31.1 Å². The number of carbonyl (C=O) groups excluding carboxylic acids is 2. The van der Waals surface area contributed by atoms with Crippen LogP contribution in [0.1, 0.15) is 78.6 Å². The smallest absolute Gasteiger partial charge is 0.414 e. The fourth-order valence-electron chi connectivity index (χ4n) is 9.22. The lowest BCUT2D eigenvalue weighted by Crippen LogP contribution is -2.53. The molecule has 5 nitrogen and oxygen atoms in total. The summed E-state index contributed by atoms with van der Waals surface area (Å²) < 4.78 is 11.7. The number of benzene rings is 1. The van der Waals surface area contributed by atoms with Crippen molar-refractivity contribution in [2.24, 2.45) is 34.5 Å². The molecule has 1 aromatic carbocycles. The summed E-state index contributed by atoms with van der Waals surface area (Å²) >= 11 is 0. The Kier molecular flexibility index (Phi) is 5.96. The van der Waals surface area contributed by atoms with Gasteiger partial charge in [0.2, 0.25) is 0 Å². The summed E-state index contributed by atoms with van der Waals surface area (Å²) in [6, 6.07) is 7.75. The Hall–Kier alpha value is -2.30. The van der Waals surface area contributed by atoms with Crippen molar-refractivity contribution >= 4 is 17.6 Å². The molecule has 3 saturated carbocycles. The van der Waals surface area contributed by atoms with E-state index in [2.05, 4.69) is 13.8 Å². The van der Waals surface area contributed by atoms with Gasteiger partial charge in [-0.15, -0.1) is 0 Å². The molecule has 4 fully saturated rings. The normalized spacial score (nSPS) is 40.0. The lowest BCUT2D eigenvalue weighted by molar-refractivity contribution is -0.118. The molecule has 4 unspecified atom stereocenters. The van der Waals surface area contributed by atoms with Crippen molar-refractivity contribution in [3.8, 4) is 5.75 Å². The van der Waals surface area contributed by atoms with Gasteiger partial charge >= 0.3 is 6.09 Å². The highest BCUT2D eigenvalue weighted by Crippen LogP contribution is 2.67. The molecular weight excluding hydrogens is 450 g/mol. The average Bonchev–Trinajstić information content (AvgIpc) is 3.22. The monoisotopic (exact) mass is 491 g/mol. The number of ketones is 1. The van der Waals surface area contributed by atoms with Crippen molar-refractivity contribution < 1.29 is 19.1 Å². The van der Waals surface area contributed by atoms with Crippen LogP contribution in [0.2, 0.25) is 0 Å². The van der Waals surface area contributed by atoms with Crippen LogP contribution in [0.5, 0.6) is 5.75 Å². The van der Waals surface area contributed by atoms with Crippen molar-refractivity contribution in [1.82, 2.24) is 0 Å². The molecule has 0 aromatic heterocycles. The Balaban J connectivity index is 1.16. The lowest BCUT2D eigenvalue weighted by Gasteiger charge is -2.58. The van der Waals surface area contributed by atoms with Gasteiger partial charge in [-0.05, 0) is 111 Å². The van der Waals surface area contributed by atoms with E-state index in [1.807, 2.05) is 37.3 Å². The third-order valence-corrected chi connectivity index (χ3v) is 11.1. The Bertz CT molecular complexity index is 1060. The Labute approximate surface area is 215 Å². The summed E-state index contributed by atoms with van der Waals surface area (Å²) in [7, 11) is 0. The van der Waals surface area contributed by atoms with E-state index in [9.17, 15) is 9.59 Å². The van der Waals surface area contributed by atoms with E-state index in [1.54, 1.807) is 4.90 Å². The molecule has 0 spiro atoms. The summed E-state index contributed by atoms with van der Waals surface area (Å²) in [5.41, 5.74) is 2.78. The molecule has 36 heavy (non-hydrogen) atoms. The second-order valence-electron chi connectivity index (χ2n) is 12.5. The molecule has 5 heteroatoms. The van der Waals surface area contributed by atoms with E-state index in [0.717, 1.165) is 43.0 Å². The first-order chi connectivity index (χ1) is 17.3.